The van der Waals surface area contributed by atoms with Crippen LogP contribution in [0.15, 0.2) is 18.3 Å². The first-order valence-corrected chi connectivity index (χ1v) is 12.5. The summed E-state index contributed by atoms with van der Waals surface area (Å²) in [4.78, 5) is 18.7. The Morgan fingerprint density at radius 1 is 1.22 bits per heavy atom. The summed E-state index contributed by atoms with van der Waals surface area (Å²) in [7, 11) is 1.47. The second-order valence-corrected chi connectivity index (χ2v) is 10.0. The zero-order valence-electron chi connectivity index (χ0n) is 20.8. The molecule has 1 amide bonds. The Bertz CT molecular complexity index is 1080. The molecule has 4 rings (SSSR count). The van der Waals surface area contributed by atoms with E-state index in [-0.39, 0.29) is 29.8 Å². The van der Waals surface area contributed by atoms with E-state index >= 15 is 4.39 Å². The van der Waals surface area contributed by atoms with Gasteiger partial charge in [-0.3, -0.25) is 4.79 Å². The first kappa shape index (κ1) is 27.3. The molecule has 0 saturated heterocycles. The minimum absolute atomic E-state index is 0.0401. The highest BCUT2D eigenvalue weighted by atomic mass is 19.4. The number of hydrogen-bond acceptors (Lipinski definition) is 5. The fourth-order valence-electron chi connectivity index (χ4n) is 4.99. The number of rotatable bonds is 8. The van der Waals surface area contributed by atoms with Crippen LogP contribution in [-0.4, -0.2) is 69.7 Å². The molecule has 1 fully saturated rings. The number of aromatic nitrogens is 3. The molecular formula is C25H32F5N5O2. The summed E-state index contributed by atoms with van der Waals surface area (Å²) < 4.78 is 72.5. The van der Waals surface area contributed by atoms with Crippen LogP contribution in [0.5, 0.6) is 5.88 Å². The predicted octanol–water partition coefficient (Wildman–Crippen LogP) is 3.70. The topological polar surface area (TPSA) is 72.3 Å². The maximum atomic E-state index is 15.5. The maximum Gasteiger partial charge on any atom is 0.422 e. The normalized spacial score (nSPS) is 22.8. The van der Waals surface area contributed by atoms with Crippen LogP contribution in [0.3, 0.4) is 0 Å². The van der Waals surface area contributed by atoms with Gasteiger partial charge in [0.1, 0.15) is 5.67 Å². The lowest BCUT2D eigenvalue weighted by Gasteiger charge is -2.35. The molecule has 2 aromatic heterocycles. The number of halogens is 5. The van der Waals surface area contributed by atoms with Gasteiger partial charge >= 0.3 is 6.18 Å². The summed E-state index contributed by atoms with van der Waals surface area (Å²) >= 11 is 0. The lowest BCUT2D eigenvalue weighted by Crippen LogP contribution is -2.43. The van der Waals surface area contributed by atoms with Gasteiger partial charge in [-0.2, -0.15) is 22.7 Å². The maximum absolute atomic E-state index is 15.5. The zero-order valence-corrected chi connectivity index (χ0v) is 20.8. The Kier molecular flexibility index (Phi) is 8.35. The predicted molar refractivity (Wildman–Crippen MR) is 125 cm³/mol. The fourth-order valence-corrected chi connectivity index (χ4v) is 4.99. The van der Waals surface area contributed by atoms with Crippen molar-refractivity contribution in [3.05, 3.63) is 41.1 Å². The second-order valence-electron chi connectivity index (χ2n) is 10.0. The van der Waals surface area contributed by atoms with Crippen LogP contribution in [0.25, 0.3) is 0 Å². The van der Waals surface area contributed by atoms with Gasteiger partial charge in [-0.05, 0) is 44.1 Å². The summed E-state index contributed by atoms with van der Waals surface area (Å²) in [5.74, 6) is -0.876. The number of nitrogens with one attached hydrogen (secondary N) is 1. The fraction of sp³-hybridized carbons (Fsp3) is 0.640. The number of aryl methyl sites for hydroxylation is 1. The van der Waals surface area contributed by atoms with E-state index in [0.717, 1.165) is 22.5 Å². The molecule has 0 radical (unpaired) electrons. The van der Waals surface area contributed by atoms with E-state index in [1.165, 1.54) is 19.3 Å². The van der Waals surface area contributed by atoms with Crippen molar-refractivity contribution >= 4 is 5.91 Å². The van der Waals surface area contributed by atoms with Crippen molar-refractivity contribution in [3.63, 3.8) is 0 Å². The molecule has 204 valence electrons. The van der Waals surface area contributed by atoms with Gasteiger partial charge in [0.05, 0.1) is 12.6 Å². The van der Waals surface area contributed by atoms with Gasteiger partial charge in [0.25, 0.3) is 0 Å². The van der Waals surface area contributed by atoms with Crippen molar-refractivity contribution in [1.29, 1.82) is 0 Å². The Morgan fingerprint density at radius 2 is 1.95 bits per heavy atom. The highest BCUT2D eigenvalue weighted by Gasteiger charge is 2.36. The van der Waals surface area contributed by atoms with Crippen LogP contribution in [0, 0.1) is 5.95 Å². The minimum Gasteiger partial charge on any atom is -0.468 e. The number of hydrogen-bond donors (Lipinski definition) is 1. The van der Waals surface area contributed by atoms with E-state index in [1.807, 2.05) is 0 Å². The van der Waals surface area contributed by atoms with E-state index < -0.39 is 24.4 Å². The van der Waals surface area contributed by atoms with Gasteiger partial charge in [-0.1, -0.05) is 6.07 Å². The average Bonchev–Trinajstić information content (AvgIpc) is 3.04. The molecule has 37 heavy (non-hydrogen) atoms. The lowest BCUT2D eigenvalue weighted by molar-refractivity contribution is -0.154. The number of carbonyl (C=O) groups excluding carboxylic acids is 1. The molecule has 1 saturated carbocycles. The third-order valence-electron chi connectivity index (χ3n) is 7.20. The summed E-state index contributed by atoms with van der Waals surface area (Å²) in [5, 5.41) is 6.68. The Hall–Kier alpha value is -2.76. The van der Waals surface area contributed by atoms with Crippen molar-refractivity contribution < 1.29 is 31.5 Å². The Labute approximate surface area is 212 Å². The van der Waals surface area contributed by atoms with Crippen molar-refractivity contribution in [2.24, 2.45) is 7.05 Å². The van der Waals surface area contributed by atoms with Crippen molar-refractivity contribution in [2.75, 3.05) is 26.2 Å². The molecule has 1 N–H and O–H groups in total. The minimum atomic E-state index is -4.42. The van der Waals surface area contributed by atoms with Gasteiger partial charge in [0.15, 0.2) is 6.61 Å². The highest BCUT2D eigenvalue weighted by Crippen LogP contribution is 2.35. The van der Waals surface area contributed by atoms with Crippen molar-refractivity contribution in [2.45, 2.75) is 69.3 Å². The van der Waals surface area contributed by atoms with Gasteiger partial charge in [-0.15, -0.1) is 0 Å². The lowest BCUT2D eigenvalue weighted by atomic mass is 9.81. The number of nitrogens with zero attached hydrogens (tertiary/aromatic N) is 4. The molecule has 12 heteroatoms. The Morgan fingerprint density at radius 3 is 2.62 bits per heavy atom. The van der Waals surface area contributed by atoms with Crippen LogP contribution in [0.1, 0.15) is 48.9 Å². The summed E-state index contributed by atoms with van der Waals surface area (Å²) in [6.45, 7) is 0.551. The molecule has 1 aliphatic heterocycles. The summed E-state index contributed by atoms with van der Waals surface area (Å²) in [6.07, 6.45) is 0.163. The van der Waals surface area contributed by atoms with Crippen LogP contribution in [-0.2, 0) is 31.1 Å². The van der Waals surface area contributed by atoms with Gasteiger partial charge in [0.2, 0.25) is 17.7 Å². The molecular weight excluding hydrogens is 497 g/mol. The average molecular weight is 530 g/mol. The number of carbonyl (C=O) groups is 1. The molecule has 0 aromatic carbocycles. The van der Waals surface area contributed by atoms with Crippen molar-refractivity contribution in [3.8, 4) is 5.88 Å². The molecule has 7 nitrogen and oxygen atoms in total. The number of amides is 1. The zero-order chi connectivity index (χ0) is 26.6. The van der Waals surface area contributed by atoms with E-state index in [2.05, 4.69) is 20.3 Å². The number of pyridine rings is 1. The largest absolute Gasteiger partial charge is 0.468 e. The van der Waals surface area contributed by atoms with Crippen LogP contribution in [0.4, 0.5) is 22.0 Å². The Balaban J connectivity index is 1.20. The van der Waals surface area contributed by atoms with Gasteiger partial charge in [0, 0.05) is 56.5 Å². The molecule has 1 aliphatic carbocycles. The molecule has 2 aliphatic rings. The van der Waals surface area contributed by atoms with Crippen LogP contribution in [0.2, 0.25) is 0 Å². The third kappa shape index (κ3) is 7.62. The molecule has 0 spiro atoms. The van der Waals surface area contributed by atoms with E-state index in [1.54, 1.807) is 6.07 Å². The second kappa shape index (κ2) is 11.3. The van der Waals surface area contributed by atoms with Gasteiger partial charge in [-0.25, -0.2) is 14.1 Å². The number of alkyl halides is 4. The standard InChI is InChI=1S/C25H32F5N5O2/c1-34-23(26)18(15-31-34)14-21(36)32-19-4-8-24(27,9-5-19)10-13-35-11-6-17-2-3-22(33-20(17)7-12-35)37-16-25(28,29)30/h2-3,15,19H,4-14,16H2,1H3,(H,32,36). The van der Waals surface area contributed by atoms with Crippen LogP contribution >= 0.6 is 0 Å². The van der Waals surface area contributed by atoms with Crippen molar-refractivity contribution in [1.82, 2.24) is 25.0 Å². The monoisotopic (exact) mass is 529 g/mol. The smallest absolute Gasteiger partial charge is 0.422 e. The van der Waals surface area contributed by atoms with E-state index in [4.69, 9.17) is 4.74 Å². The summed E-state index contributed by atoms with van der Waals surface area (Å²) in [6, 6.07) is 3.08. The van der Waals surface area contributed by atoms with E-state index in [9.17, 15) is 22.4 Å². The molecule has 0 unspecified atom stereocenters. The number of ether oxygens (including phenoxy) is 1. The summed E-state index contributed by atoms with van der Waals surface area (Å²) in [5.41, 5.74) is 0.612. The van der Waals surface area contributed by atoms with Gasteiger partial charge < -0.3 is 15.0 Å². The SMILES string of the molecule is Cn1ncc(CC(=O)NC2CCC(F)(CCN3CCc4ccc(OCC(F)(F)F)nc4CC3)CC2)c1F. The van der Waals surface area contributed by atoms with E-state index in [0.29, 0.717) is 58.0 Å². The molecule has 0 atom stereocenters. The molecule has 3 heterocycles. The molecule has 2 aromatic rings. The van der Waals surface area contributed by atoms with Crippen LogP contribution < -0.4 is 10.1 Å². The quantitative estimate of drug-likeness (QED) is 0.529. The number of fused-ring (bicyclic) bond motifs is 1. The first-order chi connectivity index (χ1) is 17.5. The third-order valence-corrected chi connectivity index (χ3v) is 7.20. The molecule has 0 bridgehead atoms. The first-order valence-electron chi connectivity index (χ1n) is 12.5. The highest BCUT2D eigenvalue weighted by molar-refractivity contribution is 5.78.